The third-order valence-corrected chi connectivity index (χ3v) is 5.70. The number of aliphatic imine (C=N–C) groups is 1. The molecule has 4 N–H and O–H groups in total. The number of nitrogens with one attached hydrogen (secondary N) is 4. The molecular formula is C20H30N6O. The van der Waals surface area contributed by atoms with Crippen molar-refractivity contribution in [2.45, 2.75) is 51.2 Å². The van der Waals surface area contributed by atoms with Crippen molar-refractivity contribution in [3.05, 3.63) is 47.6 Å². The van der Waals surface area contributed by atoms with Crippen molar-refractivity contribution >= 4 is 5.84 Å². The molecule has 0 spiro atoms. The van der Waals surface area contributed by atoms with E-state index in [0.717, 1.165) is 37.6 Å². The first-order valence-corrected chi connectivity index (χ1v) is 9.86. The van der Waals surface area contributed by atoms with Gasteiger partial charge >= 0.3 is 0 Å². The number of piperidine rings is 1. The molecule has 4 aliphatic rings. The van der Waals surface area contributed by atoms with E-state index in [0.29, 0.717) is 0 Å². The van der Waals surface area contributed by atoms with Gasteiger partial charge in [-0.2, -0.15) is 0 Å². The first kappa shape index (κ1) is 18.1. The van der Waals surface area contributed by atoms with Crippen LogP contribution in [0.15, 0.2) is 52.6 Å². The van der Waals surface area contributed by atoms with E-state index in [4.69, 9.17) is 9.73 Å². The molecule has 4 rings (SSSR count). The van der Waals surface area contributed by atoms with E-state index in [1.165, 1.54) is 11.1 Å². The average molecular weight is 371 g/mol. The fourth-order valence-corrected chi connectivity index (χ4v) is 4.09. The molecule has 1 fully saturated rings. The van der Waals surface area contributed by atoms with Crippen LogP contribution in [0.4, 0.5) is 0 Å². The maximum absolute atomic E-state index is 5.54. The number of nitrogens with zero attached hydrogens (tertiary/aromatic N) is 2. The summed E-state index contributed by atoms with van der Waals surface area (Å²) in [5, 5.41) is 13.6. The lowest BCUT2D eigenvalue weighted by Crippen LogP contribution is -2.56. The van der Waals surface area contributed by atoms with Crippen LogP contribution in [-0.4, -0.2) is 55.4 Å². The van der Waals surface area contributed by atoms with Gasteiger partial charge in [0.15, 0.2) is 0 Å². The van der Waals surface area contributed by atoms with E-state index < -0.39 is 0 Å². The van der Waals surface area contributed by atoms with Gasteiger partial charge in [0.2, 0.25) is 0 Å². The second-order valence-corrected chi connectivity index (χ2v) is 7.31. The lowest BCUT2D eigenvalue weighted by molar-refractivity contribution is 0.101. The van der Waals surface area contributed by atoms with Crippen molar-refractivity contribution in [3.8, 4) is 0 Å². The quantitative estimate of drug-likeness (QED) is 0.595. The van der Waals surface area contributed by atoms with Gasteiger partial charge in [0.25, 0.3) is 0 Å². The Morgan fingerprint density at radius 1 is 1.37 bits per heavy atom. The molecule has 0 aliphatic carbocycles. The highest BCUT2D eigenvalue weighted by atomic mass is 16.5. The monoisotopic (exact) mass is 370 g/mol. The number of hydrogen-bond donors (Lipinski definition) is 4. The molecule has 0 amide bonds. The number of allylic oxidation sites excluding steroid dienone is 2. The number of likely N-dealkylation sites (tertiary alicyclic amines) is 1. The molecule has 146 valence electrons. The molecule has 4 aliphatic heterocycles. The Labute approximate surface area is 161 Å². The van der Waals surface area contributed by atoms with Gasteiger partial charge < -0.3 is 25.6 Å². The minimum Gasteiger partial charge on any atom is -0.370 e. The average Bonchev–Trinajstić information content (AvgIpc) is 2.74. The number of dihydropyridines is 1. The first-order valence-electron chi connectivity index (χ1n) is 9.86. The molecule has 0 radical (unpaired) electrons. The maximum atomic E-state index is 5.54. The molecular weight excluding hydrogens is 340 g/mol. The smallest absolute Gasteiger partial charge is 0.148 e. The Morgan fingerprint density at radius 3 is 3.00 bits per heavy atom. The SMILES string of the molecule is CCC1=CC(OC)NC(N2CCC3N=C(C4NC=CCN4)NC=C3C2C)=C1. The zero-order valence-corrected chi connectivity index (χ0v) is 16.3. The summed E-state index contributed by atoms with van der Waals surface area (Å²) in [5.41, 5.74) is 2.64. The molecule has 0 aromatic rings. The van der Waals surface area contributed by atoms with Crippen molar-refractivity contribution in [2.24, 2.45) is 4.99 Å². The molecule has 7 heteroatoms. The summed E-state index contributed by atoms with van der Waals surface area (Å²) in [6.07, 6.45) is 12.6. The summed E-state index contributed by atoms with van der Waals surface area (Å²) in [5.74, 6) is 2.11. The number of methoxy groups -OCH3 is 1. The molecule has 0 aromatic heterocycles. The van der Waals surface area contributed by atoms with Gasteiger partial charge in [-0.3, -0.25) is 10.3 Å². The largest absolute Gasteiger partial charge is 0.370 e. The number of fused-ring (bicyclic) bond motifs is 1. The summed E-state index contributed by atoms with van der Waals surface area (Å²) in [4.78, 5) is 7.43. The topological polar surface area (TPSA) is 73.0 Å². The van der Waals surface area contributed by atoms with Crippen molar-refractivity contribution in [1.29, 1.82) is 0 Å². The third kappa shape index (κ3) is 3.61. The van der Waals surface area contributed by atoms with Gasteiger partial charge in [-0.15, -0.1) is 0 Å². The first-order chi connectivity index (χ1) is 13.2. The van der Waals surface area contributed by atoms with Crippen molar-refractivity contribution in [1.82, 2.24) is 26.2 Å². The van der Waals surface area contributed by atoms with Gasteiger partial charge in [-0.1, -0.05) is 13.0 Å². The second-order valence-electron chi connectivity index (χ2n) is 7.31. The Balaban J connectivity index is 1.49. The van der Waals surface area contributed by atoms with Crippen LogP contribution in [0.1, 0.15) is 26.7 Å². The summed E-state index contributed by atoms with van der Waals surface area (Å²) in [6, 6.07) is 0.520. The molecule has 0 saturated carbocycles. The lowest BCUT2D eigenvalue weighted by Gasteiger charge is -2.44. The van der Waals surface area contributed by atoms with Gasteiger partial charge in [0, 0.05) is 26.4 Å². The Morgan fingerprint density at radius 2 is 2.26 bits per heavy atom. The predicted octanol–water partition coefficient (Wildman–Crippen LogP) is 1.12. The number of hydrogen-bond acceptors (Lipinski definition) is 7. The molecule has 4 unspecified atom stereocenters. The normalized spacial score (nSPS) is 32.8. The molecule has 0 aromatic carbocycles. The molecule has 27 heavy (non-hydrogen) atoms. The van der Waals surface area contributed by atoms with Gasteiger partial charge in [0.05, 0.1) is 12.1 Å². The van der Waals surface area contributed by atoms with Crippen LogP contribution in [0.25, 0.3) is 0 Å². The zero-order chi connectivity index (χ0) is 18.8. The van der Waals surface area contributed by atoms with Crippen LogP contribution in [0.5, 0.6) is 0 Å². The minimum absolute atomic E-state index is 0.0589. The number of ether oxygens (including phenoxy) is 1. The highest BCUT2D eigenvalue weighted by Crippen LogP contribution is 2.31. The predicted molar refractivity (Wildman–Crippen MR) is 108 cm³/mol. The van der Waals surface area contributed by atoms with Crippen LogP contribution in [0, 0.1) is 0 Å². The van der Waals surface area contributed by atoms with Crippen molar-refractivity contribution in [3.63, 3.8) is 0 Å². The van der Waals surface area contributed by atoms with Crippen LogP contribution in [-0.2, 0) is 4.74 Å². The molecule has 4 atom stereocenters. The van der Waals surface area contributed by atoms with Gasteiger partial charge in [-0.25, -0.2) is 0 Å². The fourth-order valence-electron chi connectivity index (χ4n) is 4.09. The fraction of sp³-hybridized carbons (Fsp3) is 0.550. The van der Waals surface area contributed by atoms with E-state index in [1.54, 1.807) is 7.11 Å². The second kappa shape index (κ2) is 7.78. The zero-order valence-electron chi connectivity index (χ0n) is 16.3. The molecule has 7 nitrogen and oxygen atoms in total. The Hall–Kier alpha value is -2.25. The van der Waals surface area contributed by atoms with Crippen LogP contribution >= 0.6 is 0 Å². The summed E-state index contributed by atoms with van der Waals surface area (Å²) in [7, 11) is 1.74. The highest BCUT2D eigenvalue weighted by molar-refractivity contribution is 5.89. The molecule has 4 heterocycles. The van der Waals surface area contributed by atoms with Gasteiger partial charge in [-0.05, 0) is 49.3 Å². The number of amidine groups is 1. The lowest BCUT2D eigenvalue weighted by atomic mass is 9.91. The Kier molecular flexibility index (Phi) is 5.22. The van der Waals surface area contributed by atoms with Crippen molar-refractivity contribution < 1.29 is 4.74 Å². The van der Waals surface area contributed by atoms with Crippen LogP contribution in [0.2, 0.25) is 0 Å². The minimum atomic E-state index is -0.0653. The Bertz CT molecular complexity index is 722. The highest BCUT2D eigenvalue weighted by Gasteiger charge is 2.35. The molecule has 0 bridgehead atoms. The van der Waals surface area contributed by atoms with Crippen LogP contribution in [0.3, 0.4) is 0 Å². The molecule has 1 saturated heterocycles. The van der Waals surface area contributed by atoms with E-state index >= 15 is 0 Å². The summed E-state index contributed by atoms with van der Waals surface area (Å²) < 4.78 is 5.54. The van der Waals surface area contributed by atoms with E-state index in [-0.39, 0.29) is 24.5 Å². The van der Waals surface area contributed by atoms with E-state index in [1.807, 2.05) is 6.20 Å². The standard InChI is InChI=1S/C20H30N6O/c1-4-14-10-17(25-18(11-14)27-3)26-9-6-16-15(13(26)2)12-23-20(24-16)19-21-7-5-8-22-19/h5,7,10-13,16,18-19,21-22,25H,4,6,8-9H2,1-3H3,(H,23,24). The summed E-state index contributed by atoms with van der Waals surface area (Å²) >= 11 is 0. The summed E-state index contributed by atoms with van der Waals surface area (Å²) in [6.45, 7) is 6.27. The third-order valence-electron chi connectivity index (χ3n) is 5.70. The van der Waals surface area contributed by atoms with Crippen LogP contribution < -0.4 is 21.3 Å². The maximum Gasteiger partial charge on any atom is 0.148 e. The number of rotatable bonds is 4. The van der Waals surface area contributed by atoms with Gasteiger partial charge in [0.1, 0.15) is 24.1 Å². The van der Waals surface area contributed by atoms with E-state index in [2.05, 4.69) is 64.4 Å². The van der Waals surface area contributed by atoms with E-state index in [9.17, 15) is 0 Å². The van der Waals surface area contributed by atoms with Crippen molar-refractivity contribution in [2.75, 3.05) is 20.2 Å².